The highest BCUT2D eigenvalue weighted by atomic mass is 16.5. The van der Waals surface area contributed by atoms with Crippen LogP contribution in [0.4, 0.5) is 0 Å². The first-order chi connectivity index (χ1) is 9.35. The summed E-state index contributed by atoms with van der Waals surface area (Å²) in [5, 5.41) is 22.1. The van der Waals surface area contributed by atoms with Gasteiger partial charge in [-0.1, -0.05) is 6.07 Å². The second kappa shape index (κ2) is 7.47. The van der Waals surface area contributed by atoms with Gasteiger partial charge in [-0.05, 0) is 38.5 Å². The van der Waals surface area contributed by atoms with Gasteiger partial charge in [0.05, 0.1) is 13.7 Å². The summed E-state index contributed by atoms with van der Waals surface area (Å²) in [6.45, 7) is 6.71. The average Bonchev–Trinajstić information content (AvgIpc) is 2.41. The van der Waals surface area contributed by atoms with Gasteiger partial charge in [-0.25, -0.2) is 0 Å². The molecule has 0 aliphatic rings. The Labute approximate surface area is 120 Å². The first kappa shape index (κ1) is 16.8. The maximum Gasteiger partial charge on any atom is 0.161 e. The molecule has 0 spiro atoms. The predicted octanol–water partition coefficient (Wildman–Crippen LogP) is 1.32. The summed E-state index contributed by atoms with van der Waals surface area (Å²) in [7, 11) is 1.54. The lowest BCUT2D eigenvalue weighted by Gasteiger charge is -2.23. The molecule has 1 aromatic carbocycles. The van der Waals surface area contributed by atoms with Gasteiger partial charge >= 0.3 is 0 Å². The fourth-order valence-corrected chi connectivity index (χ4v) is 1.60. The number of ether oxygens (including phenoxy) is 2. The zero-order chi connectivity index (χ0) is 15.2. The second-order valence-corrected chi connectivity index (χ2v) is 5.74. The van der Waals surface area contributed by atoms with Crippen LogP contribution < -0.4 is 14.8 Å². The number of hydrogen-bond donors (Lipinski definition) is 3. The summed E-state index contributed by atoms with van der Waals surface area (Å²) < 4.78 is 10.8. The van der Waals surface area contributed by atoms with Crippen LogP contribution in [0, 0.1) is 0 Å². The largest absolute Gasteiger partial charge is 0.493 e. The molecular formula is C15H25NO4. The first-order valence-corrected chi connectivity index (χ1v) is 6.69. The van der Waals surface area contributed by atoms with E-state index in [1.165, 1.54) is 0 Å². The van der Waals surface area contributed by atoms with Crippen LogP contribution in [0.1, 0.15) is 26.3 Å². The maximum absolute atomic E-state index is 9.87. The lowest BCUT2D eigenvalue weighted by atomic mass is 10.1. The second-order valence-electron chi connectivity index (χ2n) is 5.74. The van der Waals surface area contributed by atoms with Crippen molar-refractivity contribution in [3.63, 3.8) is 0 Å². The van der Waals surface area contributed by atoms with Gasteiger partial charge in [-0.3, -0.25) is 0 Å². The molecule has 3 N–H and O–H groups in total. The number of benzene rings is 1. The molecule has 20 heavy (non-hydrogen) atoms. The van der Waals surface area contributed by atoms with Gasteiger partial charge in [0.15, 0.2) is 11.5 Å². The Morgan fingerprint density at radius 2 is 1.95 bits per heavy atom. The number of methoxy groups -OCH3 is 1. The van der Waals surface area contributed by atoms with E-state index in [0.717, 1.165) is 5.56 Å². The van der Waals surface area contributed by atoms with E-state index >= 15 is 0 Å². The summed E-state index contributed by atoms with van der Waals surface area (Å²) in [5.74, 6) is 1.10. The summed E-state index contributed by atoms with van der Waals surface area (Å²) in [5.41, 5.74) is 0.714. The smallest absolute Gasteiger partial charge is 0.161 e. The fraction of sp³-hybridized carbons (Fsp3) is 0.600. The van der Waals surface area contributed by atoms with Crippen LogP contribution in [0.5, 0.6) is 11.5 Å². The number of aliphatic hydroxyl groups excluding tert-OH is 2. The van der Waals surface area contributed by atoms with Crippen LogP contribution in [0.15, 0.2) is 18.2 Å². The molecule has 0 fully saturated rings. The number of β-amino-alcohol motifs (C(OH)–C–C–N with tert-alkyl or cyclic N) is 1. The molecule has 1 atom stereocenters. The molecule has 1 aromatic rings. The van der Waals surface area contributed by atoms with Gasteiger partial charge in [0, 0.05) is 12.1 Å². The number of hydrogen-bond acceptors (Lipinski definition) is 5. The van der Waals surface area contributed by atoms with Crippen molar-refractivity contribution in [2.45, 2.75) is 39.0 Å². The molecule has 0 aromatic heterocycles. The lowest BCUT2D eigenvalue weighted by Crippen LogP contribution is -2.42. The Bertz CT molecular complexity index is 415. The third kappa shape index (κ3) is 5.77. The predicted molar refractivity (Wildman–Crippen MR) is 78.2 cm³/mol. The highest BCUT2D eigenvalue weighted by Crippen LogP contribution is 2.28. The van der Waals surface area contributed by atoms with Gasteiger partial charge in [0.25, 0.3) is 0 Å². The number of rotatable bonds is 7. The number of aliphatic hydroxyl groups is 2. The van der Waals surface area contributed by atoms with E-state index in [0.29, 0.717) is 18.0 Å². The summed E-state index contributed by atoms with van der Waals surface area (Å²) >= 11 is 0. The van der Waals surface area contributed by atoms with Crippen LogP contribution in [0.3, 0.4) is 0 Å². The Morgan fingerprint density at radius 3 is 2.50 bits per heavy atom. The van der Waals surface area contributed by atoms with Crippen LogP contribution in [0.2, 0.25) is 0 Å². The fourth-order valence-electron chi connectivity index (χ4n) is 1.60. The molecule has 5 heteroatoms. The maximum atomic E-state index is 9.87. The van der Waals surface area contributed by atoms with Crippen molar-refractivity contribution in [3.8, 4) is 11.5 Å². The van der Waals surface area contributed by atoms with Crippen molar-refractivity contribution < 1.29 is 19.7 Å². The standard InChI is InChI=1S/C15H25NO4/c1-15(2,3)16-8-12(18)10-20-13-6-5-11(9-17)7-14(13)19-4/h5-7,12,16-18H,8-10H2,1-4H3. The van der Waals surface area contributed by atoms with Gasteiger partial charge < -0.3 is 25.0 Å². The zero-order valence-corrected chi connectivity index (χ0v) is 12.6. The Kier molecular flexibility index (Phi) is 6.26. The molecule has 0 bridgehead atoms. The quantitative estimate of drug-likeness (QED) is 0.704. The molecule has 1 unspecified atom stereocenters. The van der Waals surface area contributed by atoms with Crippen molar-refractivity contribution in [1.29, 1.82) is 0 Å². The third-order valence-corrected chi connectivity index (χ3v) is 2.71. The Hall–Kier alpha value is -1.30. The van der Waals surface area contributed by atoms with Gasteiger partial charge in [-0.2, -0.15) is 0 Å². The molecular weight excluding hydrogens is 258 g/mol. The van der Waals surface area contributed by atoms with Crippen LogP contribution in [-0.2, 0) is 6.61 Å². The molecule has 1 rings (SSSR count). The molecule has 0 aliphatic carbocycles. The van der Waals surface area contributed by atoms with E-state index in [1.54, 1.807) is 25.3 Å². The summed E-state index contributed by atoms with van der Waals surface area (Å²) in [6.07, 6.45) is -0.601. The van der Waals surface area contributed by atoms with Crippen molar-refractivity contribution in [2.75, 3.05) is 20.3 Å². The van der Waals surface area contributed by atoms with Crippen LogP contribution in [-0.4, -0.2) is 42.1 Å². The van der Waals surface area contributed by atoms with Crippen LogP contribution in [0.25, 0.3) is 0 Å². The van der Waals surface area contributed by atoms with Crippen molar-refractivity contribution >= 4 is 0 Å². The van der Waals surface area contributed by atoms with E-state index in [4.69, 9.17) is 14.6 Å². The lowest BCUT2D eigenvalue weighted by molar-refractivity contribution is 0.0984. The molecule has 0 heterocycles. The summed E-state index contributed by atoms with van der Waals surface area (Å²) in [4.78, 5) is 0. The zero-order valence-electron chi connectivity index (χ0n) is 12.6. The van der Waals surface area contributed by atoms with Gasteiger partial charge in [-0.15, -0.1) is 0 Å². The van der Waals surface area contributed by atoms with Crippen molar-refractivity contribution in [1.82, 2.24) is 5.32 Å². The van der Waals surface area contributed by atoms with Crippen molar-refractivity contribution in [3.05, 3.63) is 23.8 Å². The monoisotopic (exact) mass is 283 g/mol. The first-order valence-electron chi connectivity index (χ1n) is 6.69. The topological polar surface area (TPSA) is 71.0 Å². The van der Waals surface area contributed by atoms with E-state index in [2.05, 4.69) is 5.32 Å². The Balaban J connectivity index is 2.52. The molecule has 0 radical (unpaired) electrons. The Morgan fingerprint density at radius 1 is 1.25 bits per heavy atom. The van der Waals surface area contributed by atoms with Crippen molar-refractivity contribution in [2.24, 2.45) is 0 Å². The SMILES string of the molecule is COc1cc(CO)ccc1OCC(O)CNC(C)(C)C. The minimum atomic E-state index is -0.601. The van der Waals surface area contributed by atoms with E-state index in [-0.39, 0.29) is 18.8 Å². The molecule has 5 nitrogen and oxygen atoms in total. The van der Waals surface area contributed by atoms with E-state index in [9.17, 15) is 5.11 Å². The molecule has 0 saturated carbocycles. The molecule has 0 saturated heterocycles. The molecule has 0 amide bonds. The van der Waals surface area contributed by atoms with E-state index < -0.39 is 6.10 Å². The van der Waals surface area contributed by atoms with E-state index in [1.807, 2.05) is 20.8 Å². The van der Waals surface area contributed by atoms with Gasteiger partial charge in [0.1, 0.15) is 12.7 Å². The third-order valence-electron chi connectivity index (χ3n) is 2.71. The van der Waals surface area contributed by atoms with Crippen LogP contribution >= 0.6 is 0 Å². The molecule has 114 valence electrons. The summed E-state index contributed by atoms with van der Waals surface area (Å²) in [6, 6.07) is 5.21. The van der Waals surface area contributed by atoms with Gasteiger partial charge in [0.2, 0.25) is 0 Å². The minimum absolute atomic E-state index is 0.0402. The number of nitrogens with one attached hydrogen (secondary N) is 1. The minimum Gasteiger partial charge on any atom is -0.493 e. The molecule has 0 aliphatic heterocycles. The normalized spacial score (nSPS) is 13.1. The highest BCUT2D eigenvalue weighted by Gasteiger charge is 2.13. The average molecular weight is 283 g/mol. The highest BCUT2D eigenvalue weighted by molar-refractivity contribution is 5.42.